The lowest BCUT2D eigenvalue weighted by Crippen LogP contribution is -2.04. The quantitative estimate of drug-likeness (QED) is 0.541. The summed E-state index contributed by atoms with van der Waals surface area (Å²) in [5.41, 5.74) is 3.49. The topological polar surface area (TPSA) is 39.4 Å². The van der Waals surface area contributed by atoms with Crippen molar-refractivity contribution in [2.75, 3.05) is 6.61 Å². The highest BCUT2D eigenvalue weighted by atomic mass is 35.5. The third-order valence-electron chi connectivity index (χ3n) is 3.97. The lowest BCUT2D eigenvalue weighted by molar-refractivity contribution is 0.0494. The molecule has 0 spiro atoms. The summed E-state index contributed by atoms with van der Waals surface area (Å²) in [7, 11) is 0. The van der Waals surface area contributed by atoms with E-state index in [2.05, 4.69) is 19.9 Å². The summed E-state index contributed by atoms with van der Waals surface area (Å²) in [4.78, 5) is 12.4. The van der Waals surface area contributed by atoms with Crippen LogP contribution in [0.4, 0.5) is 0 Å². The van der Waals surface area contributed by atoms with Gasteiger partial charge in [0.1, 0.15) is 5.58 Å². The van der Waals surface area contributed by atoms with Crippen LogP contribution in [0.5, 0.6) is 0 Å². The lowest BCUT2D eigenvalue weighted by atomic mass is 9.97. The van der Waals surface area contributed by atoms with E-state index in [4.69, 9.17) is 20.8 Å². The monoisotopic (exact) mass is 342 g/mol. The molecule has 4 heteroatoms. The number of hydrogen-bond acceptors (Lipinski definition) is 3. The molecule has 0 N–H and O–H groups in total. The summed E-state index contributed by atoms with van der Waals surface area (Å²) in [6.07, 6.45) is 0. The van der Waals surface area contributed by atoms with E-state index in [1.54, 1.807) is 19.1 Å². The minimum absolute atomic E-state index is 0.232. The standard InChI is InChI=1S/C20H19ClO3/c1-4-23-20(22)19-18(13-5-8-15(21)9-6-13)16-11-14(12(2)3)7-10-17(16)24-19/h5-12H,4H2,1-3H3. The van der Waals surface area contributed by atoms with E-state index in [0.29, 0.717) is 23.1 Å². The number of hydrogen-bond donors (Lipinski definition) is 0. The van der Waals surface area contributed by atoms with Crippen LogP contribution >= 0.6 is 11.6 Å². The third-order valence-corrected chi connectivity index (χ3v) is 4.22. The normalized spacial score (nSPS) is 11.2. The second-order valence-corrected chi connectivity index (χ2v) is 6.38. The minimum atomic E-state index is -0.454. The van der Waals surface area contributed by atoms with Gasteiger partial charge in [0.2, 0.25) is 5.76 Å². The Hall–Kier alpha value is -2.26. The van der Waals surface area contributed by atoms with Gasteiger partial charge >= 0.3 is 5.97 Å². The molecule has 24 heavy (non-hydrogen) atoms. The highest BCUT2D eigenvalue weighted by Gasteiger charge is 2.23. The highest BCUT2D eigenvalue weighted by molar-refractivity contribution is 6.30. The van der Waals surface area contributed by atoms with Crippen molar-refractivity contribution < 1.29 is 13.9 Å². The highest BCUT2D eigenvalue weighted by Crippen LogP contribution is 2.37. The maximum atomic E-state index is 12.4. The van der Waals surface area contributed by atoms with Gasteiger partial charge in [-0.15, -0.1) is 0 Å². The summed E-state index contributed by atoms with van der Waals surface area (Å²) in [6, 6.07) is 13.4. The molecular weight excluding hydrogens is 324 g/mol. The van der Waals surface area contributed by atoms with E-state index in [1.807, 2.05) is 24.3 Å². The van der Waals surface area contributed by atoms with Crippen molar-refractivity contribution in [1.29, 1.82) is 0 Å². The predicted octanol–water partition coefficient (Wildman–Crippen LogP) is 6.05. The lowest BCUT2D eigenvalue weighted by Gasteiger charge is -2.06. The Balaban J connectivity index is 2.27. The number of fused-ring (bicyclic) bond motifs is 1. The third kappa shape index (κ3) is 3.04. The molecule has 0 atom stereocenters. The van der Waals surface area contributed by atoms with E-state index in [0.717, 1.165) is 16.5 Å². The van der Waals surface area contributed by atoms with Crippen LogP contribution in [-0.2, 0) is 4.74 Å². The van der Waals surface area contributed by atoms with Gasteiger partial charge in [-0.3, -0.25) is 0 Å². The number of carbonyl (C=O) groups is 1. The summed E-state index contributed by atoms with van der Waals surface area (Å²) < 4.78 is 11.0. The van der Waals surface area contributed by atoms with Gasteiger partial charge in [0.25, 0.3) is 0 Å². The van der Waals surface area contributed by atoms with Crippen LogP contribution in [0.25, 0.3) is 22.1 Å². The number of halogens is 1. The smallest absolute Gasteiger partial charge is 0.374 e. The van der Waals surface area contributed by atoms with Crippen LogP contribution in [0, 0.1) is 0 Å². The second kappa shape index (κ2) is 6.70. The molecule has 3 nitrogen and oxygen atoms in total. The molecule has 3 aromatic rings. The number of rotatable bonds is 4. The van der Waals surface area contributed by atoms with Gasteiger partial charge in [-0.2, -0.15) is 0 Å². The fraction of sp³-hybridized carbons (Fsp3) is 0.250. The van der Waals surface area contributed by atoms with Crippen LogP contribution in [0.1, 0.15) is 42.8 Å². The van der Waals surface area contributed by atoms with E-state index >= 15 is 0 Å². The molecule has 0 unspecified atom stereocenters. The van der Waals surface area contributed by atoms with Crippen molar-refractivity contribution in [3.63, 3.8) is 0 Å². The van der Waals surface area contributed by atoms with E-state index in [-0.39, 0.29) is 5.76 Å². The van der Waals surface area contributed by atoms with Crippen molar-refractivity contribution in [2.24, 2.45) is 0 Å². The van der Waals surface area contributed by atoms with Crippen LogP contribution < -0.4 is 0 Å². The Morgan fingerprint density at radius 3 is 2.50 bits per heavy atom. The number of esters is 1. The first-order valence-corrected chi connectivity index (χ1v) is 8.38. The molecule has 1 heterocycles. The van der Waals surface area contributed by atoms with Crippen molar-refractivity contribution >= 4 is 28.5 Å². The van der Waals surface area contributed by atoms with Crippen molar-refractivity contribution in [1.82, 2.24) is 0 Å². The Labute approximate surface area is 146 Å². The Bertz CT molecular complexity index is 876. The van der Waals surface area contributed by atoms with Crippen molar-refractivity contribution in [3.05, 3.63) is 58.8 Å². The largest absolute Gasteiger partial charge is 0.460 e. The predicted molar refractivity (Wildman–Crippen MR) is 96.7 cm³/mol. The zero-order valence-electron chi connectivity index (χ0n) is 13.9. The zero-order chi connectivity index (χ0) is 17.3. The van der Waals surface area contributed by atoms with Gasteiger partial charge < -0.3 is 9.15 Å². The summed E-state index contributed by atoms with van der Waals surface area (Å²) >= 11 is 6.00. The SMILES string of the molecule is CCOC(=O)c1oc2ccc(C(C)C)cc2c1-c1ccc(Cl)cc1. The van der Waals surface area contributed by atoms with Gasteiger partial charge in [-0.05, 0) is 48.2 Å². The van der Waals surface area contributed by atoms with Crippen molar-refractivity contribution in [2.45, 2.75) is 26.7 Å². The average molecular weight is 343 g/mol. The average Bonchev–Trinajstić information content (AvgIpc) is 2.94. The van der Waals surface area contributed by atoms with Gasteiger partial charge in [0.05, 0.1) is 6.61 Å². The Morgan fingerprint density at radius 2 is 1.88 bits per heavy atom. The molecule has 0 amide bonds. The molecule has 1 aromatic heterocycles. The number of ether oxygens (including phenoxy) is 1. The first-order valence-electron chi connectivity index (χ1n) is 8.00. The summed E-state index contributed by atoms with van der Waals surface area (Å²) in [5.74, 6) is 0.160. The van der Waals surface area contributed by atoms with Crippen LogP contribution in [-0.4, -0.2) is 12.6 Å². The molecule has 0 aliphatic carbocycles. The van der Waals surface area contributed by atoms with E-state index < -0.39 is 5.97 Å². The maximum Gasteiger partial charge on any atom is 0.374 e. The van der Waals surface area contributed by atoms with Crippen LogP contribution in [0.15, 0.2) is 46.9 Å². The summed E-state index contributed by atoms with van der Waals surface area (Å²) in [5, 5.41) is 1.55. The molecule has 124 valence electrons. The maximum absolute atomic E-state index is 12.4. The second-order valence-electron chi connectivity index (χ2n) is 5.94. The van der Waals surface area contributed by atoms with Crippen LogP contribution in [0.2, 0.25) is 5.02 Å². The molecule has 0 fully saturated rings. The number of furan rings is 1. The molecule has 0 saturated carbocycles. The first kappa shape index (κ1) is 16.6. The van der Waals surface area contributed by atoms with Crippen molar-refractivity contribution in [3.8, 4) is 11.1 Å². The van der Waals surface area contributed by atoms with Gasteiger partial charge in [-0.25, -0.2) is 4.79 Å². The molecule has 0 aliphatic rings. The molecule has 2 aromatic carbocycles. The summed E-state index contributed by atoms with van der Waals surface area (Å²) in [6.45, 7) is 6.34. The van der Waals surface area contributed by atoms with E-state index in [9.17, 15) is 4.79 Å². The number of benzene rings is 2. The molecule has 0 radical (unpaired) electrons. The minimum Gasteiger partial charge on any atom is -0.460 e. The number of carbonyl (C=O) groups excluding carboxylic acids is 1. The Kier molecular flexibility index (Phi) is 4.63. The van der Waals surface area contributed by atoms with Gasteiger partial charge in [0.15, 0.2) is 0 Å². The first-order chi connectivity index (χ1) is 11.5. The van der Waals surface area contributed by atoms with Crippen LogP contribution in [0.3, 0.4) is 0 Å². The molecule has 0 aliphatic heterocycles. The molecule has 0 saturated heterocycles. The molecular formula is C20H19ClO3. The fourth-order valence-corrected chi connectivity index (χ4v) is 2.84. The van der Waals surface area contributed by atoms with Gasteiger partial charge in [-0.1, -0.05) is 43.6 Å². The fourth-order valence-electron chi connectivity index (χ4n) is 2.72. The Morgan fingerprint density at radius 1 is 1.17 bits per heavy atom. The van der Waals surface area contributed by atoms with Gasteiger partial charge in [0, 0.05) is 16.0 Å². The van der Waals surface area contributed by atoms with E-state index in [1.165, 1.54) is 5.56 Å². The molecule has 0 bridgehead atoms. The molecule has 3 rings (SSSR count). The zero-order valence-corrected chi connectivity index (χ0v) is 14.7.